The van der Waals surface area contributed by atoms with Gasteiger partial charge in [-0.3, -0.25) is 4.98 Å². The maximum atomic E-state index is 10.5. The summed E-state index contributed by atoms with van der Waals surface area (Å²) < 4.78 is 4.78. The van der Waals surface area contributed by atoms with Gasteiger partial charge in [-0.05, 0) is 0 Å². The van der Waals surface area contributed by atoms with Crippen molar-refractivity contribution < 1.29 is 14.4 Å². The molecular formula is C8H5N3O3. The Morgan fingerprint density at radius 2 is 2.29 bits per heavy atom. The van der Waals surface area contributed by atoms with Gasteiger partial charge in [0.25, 0.3) is 0 Å². The minimum atomic E-state index is -1.14. The molecule has 0 aromatic carbocycles. The van der Waals surface area contributed by atoms with Crippen LogP contribution in [0, 0.1) is 0 Å². The van der Waals surface area contributed by atoms with Crippen LogP contribution in [0.25, 0.3) is 11.5 Å². The molecule has 2 rings (SSSR count). The summed E-state index contributed by atoms with van der Waals surface area (Å²) in [5.74, 6) is -0.848. The predicted molar refractivity (Wildman–Crippen MR) is 44.5 cm³/mol. The van der Waals surface area contributed by atoms with E-state index < -0.39 is 5.97 Å². The lowest BCUT2D eigenvalue weighted by molar-refractivity contribution is 0.0686. The SMILES string of the molecule is O=C(O)c1cc(-c2cnccn2)on1. The Morgan fingerprint density at radius 3 is 2.86 bits per heavy atom. The van der Waals surface area contributed by atoms with Gasteiger partial charge in [-0.1, -0.05) is 5.16 Å². The Bertz CT molecular complexity index is 452. The molecule has 0 aliphatic heterocycles. The fraction of sp³-hybridized carbons (Fsp3) is 0. The van der Waals surface area contributed by atoms with Crippen LogP contribution in [0.2, 0.25) is 0 Å². The van der Waals surface area contributed by atoms with E-state index in [1.165, 1.54) is 24.7 Å². The van der Waals surface area contributed by atoms with Crippen molar-refractivity contribution in [3.05, 3.63) is 30.4 Å². The lowest BCUT2D eigenvalue weighted by Crippen LogP contribution is -1.94. The van der Waals surface area contributed by atoms with Crippen LogP contribution >= 0.6 is 0 Å². The Kier molecular flexibility index (Phi) is 1.94. The number of carboxylic acid groups (broad SMARTS) is 1. The molecule has 1 N–H and O–H groups in total. The number of aromatic carboxylic acids is 1. The maximum Gasteiger partial charge on any atom is 0.358 e. The van der Waals surface area contributed by atoms with Crippen molar-refractivity contribution in [2.24, 2.45) is 0 Å². The third kappa shape index (κ3) is 1.45. The summed E-state index contributed by atoms with van der Waals surface area (Å²) in [7, 11) is 0. The van der Waals surface area contributed by atoms with Gasteiger partial charge in [0.2, 0.25) is 0 Å². The molecule has 0 amide bonds. The minimum Gasteiger partial charge on any atom is -0.476 e. The highest BCUT2D eigenvalue weighted by Gasteiger charge is 2.12. The Labute approximate surface area is 78.2 Å². The molecule has 0 radical (unpaired) electrons. The van der Waals surface area contributed by atoms with E-state index in [0.717, 1.165) is 0 Å². The van der Waals surface area contributed by atoms with E-state index in [-0.39, 0.29) is 11.5 Å². The molecule has 0 aliphatic carbocycles. The first-order valence-corrected chi connectivity index (χ1v) is 3.74. The van der Waals surface area contributed by atoms with Crippen molar-refractivity contribution in [2.75, 3.05) is 0 Å². The van der Waals surface area contributed by atoms with Gasteiger partial charge in [-0.25, -0.2) is 9.78 Å². The average molecular weight is 191 g/mol. The first kappa shape index (κ1) is 8.36. The van der Waals surface area contributed by atoms with Crippen LogP contribution < -0.4 is 0 Å². The maximum absolute atomic E-state index is 10.5. The quantitative estimate of drug-likeness (QED) is 0.756. The molecule has 2 heterocycles. The van der Waals surface area contributed by atoms with Crippen LogP contribution in [-0.4, -0.2) is 26.2 Å². The second-order valence-corrected chi connectivity index (χ2v) is 2.47. The summed E-state index contributed by atoms with van der Waals surface area (Å²) in [6.45, 7) is 0. The number of rotatable bonds is 2. The van der Waals surface area contributed by atoms with Gasteiger partial charge in [0.15, 0.2) is 11.5 Å². The zero-order chi connectivity index (χ0) is 9.97. The molecule has 0 bridgehead atoms. The van der Waals surface area contributed by atoms with E-state index in [9.17, 15) is 4.79 Å². The van der Waals surface area contributed by atoms with Crippen molar-refractivity contribution in [2.45, 2.75) is 0 Å². The molecule has 14 heavy (non-hydrogen) atoms. The topological polar surface area (TPSA) is 89.1 Å². The van der Waals surface area contributed by atoms with E-state index in [4.69, 9.17) is 9.63 Å². The third-order valence-electron chi connectivity index (χ3n) is 1.54. The van der Waals surface area contributed by atoms with Crippen molar-refractivity contribution in [1.82, 2.24) is 15.1 Å². The molecule has 2 aromatic rings. The van der Waals surface area contributed by atoms with Gasteiger partial charge in [0.1, 0.15) is 5.69 Å². The van der Waals surface area contributed by atoms with Crippen molar-refractivity contribution in [3.8, 4) is 11.5 Å². The molecule has 0 unspecified atom stereocenters. The smallest absolute Gasteiger partial charge is 0.358 e. The molecule has 0 atom stereocenters. The third-order valence-corrected chi connectivity index (χ3v) is 1.54. The van der Waals surface area contributed by atoms with Gasteiger partial charge in [0, 0.05) is 18.5 Å². The van der Waals surface area contributed by atoms with Crippen molar-refractivity contribution >= 4 is 5.97 Å². The number of hydrogen-bond donors (Lipinski definition) is 1. The molecule has 0 spiro atoms. The van der Waals surface area contributed by atoms with E-state index in [0.29, 0.717) is 5.69 Å². The van der Waals surface area contributed by atoms with Crippen LogP contribution in [-0.2, 0) is 0 Å². The van der Waals surface area contributed by atoms with Crippen LogP contribution in [0.15, 0.2) is 29.2 Å². The van der Waals surface area contributed by atoms with Gasteiger partial charge >= 0.3 is 5.97 Å². The highest BCUT2D eigenvalue weighted by atomic mass is 16.5. The average Bonchev–Trinajstić information content (AvgIpc) is 2.68. The summed E-state index contributed by atoms with van der Waals surface area (Å²) in [5.41, 5.74) is 0.304. The molecule has 6 heteroatoms. The van der Waals surface area contributed by atoms with Crippen LogP contribution in [0.5, 0.6) is 0 Å². The highest BCUT2D eigenvalue weighted by Crippen LogP contribution is 2.16. The summed E-state index contributed by atoms with van der Waals surface area (Å²) in [6.07, 6.45) is 4.46. The molecule has 0 aliphatic rings. The van der Waals surface area contributed by atoms with E-state index >= 15 is 0 Å². The molecule has 2 aromatic heterocycles. The summed E-state index contributed by atoms with van der Waals surface area (Å²) in [5, 5.41) is 11.9. The minimum absolute atomic E-state index is 0.148. The standard InChI is InChI=1S/C8H5N3O3/c12-8(13)5-3-7(14-11-5)6-4-9-1-2-10-6/h1-4H,(H,12,13). The number of carboxylic acids is 1. The molecule has 6 nitrogen and oxygen atoms in total. The summed E-state index contributed by atoms with van der Waals surface area (Å²) in [4.78, 5) is 18.2. The van der Waals surface area contributed by atoms with Crippen LogP contribution in [0.1, 0.15) is 10.5 Å². The predicted octanol–water partition coefficient (Wildman–Crippen LogP) is 0.830. The molecular weight excluding hydrogens is 186 g/mol. The summed E-state index contributed by atoms with van der Waals surface area (Å²) in [6, 6.07) is 1.30. The normalized spacial score (nSPS) is 10.0. The summed E-state index contributed by atoms with van der Waals surface area (Å²) >= 11 is 0. The number of nitrogens with zero attached hydrogens (tertiary/aromatic N) is 3. The highest BCUT2D eigenvalue weighted by molar-refractivity contribution is 5.86. The lowest BCUT2D eigenvalue weighted by atomic mass is 10.3. The Morgan fingerprint density at radius 1 is 1.43 bits per heavy atom. The first-order valence-electron chi connectivity index (χ1n) is 3.74. The molecule has 70 valence electrons. The zero-order valence-electron chi connectivity index (χ0n) is 6.91. The Hall–Kier alpha value is -2.24. The van der Waals surface area contributed by atoms with E-state index in [1.807, 2.05) is 0 Å². The fourth-order valence-corrected chi connectivity index (χ4v) is 0.923. The first-order chi connectivity index (χ1) is 6.77. The van der Waals surface area contributed by atoms with Crippen LogP contribution in [0.4, 0.5) is 0 Å². The number of aromatic nitrogens is 3. The van der Waals surface area contributed by atoms with E-state index in [2.05, 4.69) is 15.1 Å². The molecule has 0 saturated carbocycles. The van der Waals surface area contributed by atoms with E-state index in [1.54, 1.807) is 0 Å². The molecule has 0 saturated heterocycles. The second kappa shape index (κ2) is 3.25. The number of carbonyl (C=O) groups is 1. The largest absolute Gasteiger partial charge is 0.476 e. The molecule has 0 fully saturated rings. The van der Waals surface area contributed by atoms with Crippen molar-refractivity contribution in [1.29, 1.82) is 0 Å². The Balaban J connectivity index is 2.39. The van der Waals surface area contributed by atoms with Gasteiger partial charge in [-0.2, -0.15) is 0 Å². The van der Waals surface area contributed by atoms with Crippen molar-refractivity contribution in [3.63, 3.8) is 0 Å². The van der Waals surface area contributed by atoms with Crippen LogP contribution in [0.3, 0.4) is 0 Å². The van der Waals surface area contributed by atoms with Gasteiger partial charge in [-0.15, -0.1) is 0 Å². The fourth-order valence-electron chi connectivity index (χ4n) is 0.923. The zero-order valence-corrected chi connectivity index (χ0v) is 6.91. The van der Waals surface area contributed by atoms with Gasteiger partial charge < -0.3 is 9.63 Å². The lowest BCUT2D eigenvalue weighted by Gasteiger charge is -1.89. The monoisotopic (exact) mass is 191 g/mol. The number of hydrogen-bond acceptors (Lipinski definition) is 5. The second-order valence-electron chi connectivity index (χ2n) is 2.47. The van der Waals surface area contributed by atoms with Gasteiger partial charge in [0.05, 0.1) is 6.20 Å².